The van der Waals surface area contributed by atoms with E-state index in [2.05, 4.69) is 22.0 Å². The summed E-state index contributed by atoms with van der Waals surface area (Å²) in [6, 6.07) is 17.6. The summed E-state index contributed by atoms with van der Waals surface area (Å²) in [4.78, 5) is 0. The Balaban J connectivity index is 1.86. The molecular weight excluding hydrogens is 306 g/mol. The van der Waals surface area contributed by atoms with E-state index in [1.54, 1.807) is 6.21 Å². The van der Waals surface area contributed by atoms with E-state index in [4.69, 9.17) is 10.8 Å². The monoisotopic (exact) mass is 323 g/mol. The van der Waals surface area contributed by atoms with Gasteiger partial charge in [-0.2, -0.15) is 5.10 Å². The summed E-state index contributed by atoms with van der Waals surface area (Å²) < 4.78 is 0. The van der Waals surface area contributed by atoms with Crippen LogP contribution in [0.1, 0.15) is 16.7 Å². The van der Waals surface area contributed by atoms with Gasteiger partial charge in [-0.3, -0.25) is 0 Å². The summed E-state index contributed by atoms with van der Waals surface area (Å²) in [5.41, 5.74) is 8.77. The lowest BCUT2D eigenvalue weighted by Gasteiger charge is -1.99. The molecule has 0 heterocycles. The van der Waals surface area contributed by atoms with E-state index >= 15 is 0 Å². The maximum absolute atomic E-state index is 8.64. The topological polar surface area (TPSA) is 71.0 Å². The van der Waals surface area contributed by atoms with Crippen LogP contribution in [0, 0.1) is 11.8 Å². The number of nitrogens with zero attached hydrogens (tertiary/aromatic N) is 2. The highest BCUT2D eigenvalue weighted by molar-refractivity contribution is 8.13. The maximum atomic E-state index is 8.64. The highest BCUT2D eigenvalue weighted by atomic mass is 32.2. The molecule has 2 aromatic rings. The molecule has 0 unspecified atom stereocenters. The fourth-order valence-corrected chi connectivity index (χ4v) is 2.32. The van der Waals surface area contributed by atoms with Crippen molar-refractivity contribution in [3.8, 4) is 11.8 Å². The normalized spacial score (nSPS) is 11.3. The summed E-state index contributed by atoms with van der Waals surface area (Å²) in [5, 5.41) is 17.0. The third kappa shape index (κ3) is 6.39. The molecule has 0 bridgehead atoms. The minimum absolute atomic E-state index is 0.141. The van der Waals surface area contributed by atoms with E-state index in [0.29, 0.717) is 5.17 Å². The number of nitrogens with two attached hydrogens (primary N) is 1. The molecule has 116 valence electrons. The second-order valence-electron chi connectivity index (χ2n) is 4.54. The standard InChI is InChI=1S/C18H17N3OS/c19-18(23-14-17-5-2-1-3-6-17)21-20-13-16-10-8-15(9-11-16)7-4-12-22/h1-3,5-6,8-11,13,22H,12,14H2,(H2,19,21). The second-order valence-corrected chi connectivity index (χ2v) is 5.53. The van der Waals surface area contributed by atoms with Gasteiger partial charge in [0.15, 0.2) is 5.17 Å². The van der Waals surface area contributed by atoms with Crippen molar-refractivity contribution in [2.24, 2.45) is 15.9 Å². The van der Waals surface area contributed by atoms with Gasteiger partial charge in [0.1, 0.15) is 6.61 Å². The van der Waals surface area contributed by atoms with Gasteiger partial charge in [0.05, 0.1) is 6.21 Å². The zero-order chi connectivity index (χ0) is 16.3. The maximum Gasteiger partial charge on any atom is 0.180 e. The molecule has 0 radical (unpaired) electrons. The molecule has 2 aromatic carbocycles. The SMILES string of the molecule is NC(=NN=Cc1ccc(C#CCO)cc1)SCc1ccccc1. The molecule has 0 saturated carbocycles. The third-order valence-corrected chi connectivity index (χ3v) is 3.67. The minimum atomic E-state index is -0.141. The van der Waals surface area contributed by atoms with Crippen LogP contribution in [-0.2, 0) is 5.75 Å². The van der Waals surface area contributed by atoms with Crippen LogP contribution >= 0.6 is 11.8 Å². The zero-order valence-electron chi connectivity index (χ0n) is 12.5. The van der Waals surface area contributed by atoms with Crippen LogP contribution in [0.5, 0.6) is 0 Å². The molecule has 0 aromatic heterocycles. The lowest BCUT2D eigenvalue weighted by molar-refractivity contribution is 0.350. The first kappa shape index (κ1) is 16.8. The van der Waals surface area contributed by atoms with Crippen molar-refractivity contribution in [1.82, 2.24) is 0 Å². The summed E-state index contributed by atoms with van der Waals surface area (Å²) >= 11 is 1.45. The molecule has 3 N–H and O–H groups in total. The van der Waals surface area contributed by atoms with Gasteiger partial charge in [0, 0.05) is 11.3 Å². The van der Waals surface area contributed by atoms with Gasteiger partial charge in [0.2, 0.25) is 0 Å². The first-order valence-corrected chi connectivity index (χ1v) is 7.99. The van der Waals surface area contributed by atoms with Gasteiger partial charge in [0.25, 0.3) is 0 Å². The Morgan fingerprint density at radius 3 is 2.57 bits per heavy atom. The van der Waals surface area contributed by atoms with Gasteiger partial charge in [-0.05, 0) is 23.3 Å². The number of aliphatic hydroxyl groups excluding tert-OH is 1. The molecule has 0 saturated heterocycles. The Morgan fingerprint density at radius 2 is 1.87 bits per heavy atom. The van der Waals surface area contributed by atoms with E-state index < -0.39 is 0 Å². The smallest absolute Gasteiger partial charge is 0.180 e. The van der Waals surface area contributed by atoms with Crippen LogP contribution in [0.15, 0.2) is 64.8 Å². The average Bonchev–Trinajstić information content (AvgIpc) is 2.60. The molecule has 0 amide bonds. The van der Waals surface area contributed by atoms with Crippen LogP contribution in [-0.4, -0.2) is 23.1 Å². The summed E-state index contributed by atoms with van der Waals surface area (Å²) in [7, 11) is 0. The lowest BCUT2D eigenvalue weighted by Crippen LogP contribution is -2.05. The molecule has 5 heteroatoms. The highest BCUT2D eigenvalue weighted by Crippen LogP contribution is 2.11. The fraction of sp³-hybridized carbons (Fsp3) is 0.111. The largest absolute Gasteiger partial charge is 0.384 e. The van der Waals surface area contributed by atoms with Crippen LogP contribution in [0.3, 0.4) is 0 Å². The predicted octanol–water partition coefficient (Wildman–Crippen LogP) is 2.61. The molecular formula is C18H17N3OS. The second kappa shape index (κ2) is 9.46. The van der Waals surface area contributed by atoms with Crippen molar-refractivity contribution in [2.75, 3.05) is 6.61 Å². The van der Waals surface area contributed by atoms with Crippen LogP contribution in [0.2, 0.25) is 0 Å². The van der Waals surface area contributed by atoms with E-state index in [0.717, 1.165) is 16.9 Å². The van der Waals surface area contributed by atoms with E-state index in [1.807, 2.05) is 54.6 Å². The number of benzene rings is 2. The summed E-state index contributed by atoms with van der Waals surface area (Å²) in [5.74, 6) is 6.20. The first-order chi connectivity index (χ1) is 11.3. The summed E-state index contributed by atoms with van der Waals surface area (Å²) in [6.45, 7) is -0.141. The molecule has 0 spiro atoms. The Bertz CT molecular complexity index is 728. The van der Waals surface area contributed by atoms with E-state index in [-0.39, 0.29) is 6.61 Å². The number of amidine groups is 1. The Morgan fingerprint density at radius 1 is 1.13 bits per heavy atom. The van der Waals surface area contributed by atoms with Crippen molar-refractivity contribution < 1.29 is 5.11 Å². The minimum Gasteiger partial charge on any atom is -0.384 e. The van der Waals surface area contributed by atoms with Gasteiger partial charge >= 0.3 is 0 Å². The number of hydrogen-bond donors (Lipinski definition) is 2. The molecule has 0 aliphatic carbocycles. The fourth-order valence-electron chi connectivity index (χ4n) is 1.71. The van der Waals surface area contributed by atoms with Gasteiger partial charge in [-0.1, -0.05) is 66.1 Å². The van der Waals surface area contributed by atoms with Crippen LogP contribution in [0.25, 0.3) is 0 Å². The Kier molecular flexibility index (Phi) is 6.92. The molecule has 2 rings (SSSR count). The lowest BCUT2D eigenvalue weighted by atomic mass is 10.1. The Hall–Kier alpha value is -2.55. The van der Waals surface area contributed by atoms with Crippen molar-refractivity contribution in [1.29, 1.82) is 0 Å². The molecule has 0 aliphatic heterocycles. The van der Waals surface area contributed by atoms with Crippen LogP contribution in [0.4, 0.5) is 0 Å². The van der Waals surface area contributed by atoms with Crippen LogP contribution < -0.4 is 5.73 Å². The van der Waals surface area contributed by atoms with Crippen molar-refractivity contribution in [3.63, 3.8) is 0 Å². The number of thioether (sulfide) groups is 1. The quantitative estimate of drug-likeness (QED) is 0.393. The number of hydrogen-bond acceptors (Lipinski definition) is 4. The van der Waals surface area contributed by atoms with Crippen molar-refractivity contribution in [3.05, 3.63) is 71.3 Å². The molecule has 0 atom stereocenters. The average molecular weight is 323 g/mol. The Labute approximate surface area is 140 Å². The van der Waals surface area contributed by atoms with Crippen molar-refractivity contribution in [2.45, 2.75) is 5.75 Å². The molecule has 4 nitrogen and oxygen atoms in total. The highest BCUT2D eigenvalue weighted by Gasteiger charge is 1.95. The van der Waals surface area contributed by atoms with Gasteiger partial charge in [-0.25, -0.2) is 0 Å². The van der Waals surface area contributed by atoms with Crippen molar-refractivity contribution >= 4 is 23.1 Å². The number of aliphatic hydroxyl groups is 1. The van der Waals surface area contributed by atoms with E-state index in [9.17, 15) is 0 Å². The van der Waals surface area contributed by atoms with Gasteiger partial charge in [-0.15, -0.1) is 5.10 Å². The van der Waals surface area contributed by atoms with E-state index in [1.165, 1.54) is 17.3 Å². The third-order valence-electron chi connectivity index (χ3n) is 2.82. The number of rotatable bonds is 4. The first-order valence-electron chi connectivity index (χ1n) is 7.01. The van der Waals surface area contributed by atoms with Gasteiger partial charge < -0.3 is 10.8 Å². The summed E-state index contributed by atoms with van der Waals surface area (Å²) in [6.07, 6.45) is 1.64. The predicted molar refractivity (Wildman–Crippen MR) is 97.4 cm³/mol. The molecule has 0 aliphatic rings. The molecule has 0 fully saturated rings. The zero-order valence-corrected chi connectivity index (χ0v) is 13.3. The molecule has 23 heavy (non-hydrogen) atoms.